The molecule has 1 fully saturated rings. The number of halogens is 1. The van der Waals surface area contributed by atoms with E-state index in [-0.39, 0.29) is 5.82 Å². The van der Waals surface area contributed by atoms with Crippen LogP contribution in [0.5, 0.6) is 0 Å². The molecule has 2 aliphatic heterocycles. The number of aromatic nitrogens is 2. The van der Waals surface area contributed by atoms with Crippen LogP contribution >= 0.6 is 0 Å². The van der Waals surface area contributed by atoms with E-state index in [0.717, 1.165) is 70.3 Å². The zero-order valence-electron chi connectivity index (χ0n) is 15.4. The molecule has 4 rings (SSSR count). The van der Waals surface area contributed by atoms with Crippen molar-refractivity contribution < 1.29 is 4.39 Å². The molecule has 2 aliphatic rings. The molecule has 1 aromatic carbocycles. The Kier molecular flexibility index (Phi) is 5.13. The summed E-state index contributed by atoms with van der Waals surface area (Å²) < 4.78 is 13.4. The van der Waals surface area contributed by atoms with Crippen LogP contribution in [0.15, 0.2) is 30.5 Å². The Balaban J connectivity index is 1.41. The molecule has 0 saturated carbocycles. The van der Waals surface area contributed by atoms with Crippen LogP contribution in [0.4, 0.5) is 10.3 Å². The van der Waals surface area contributed by atoms with Crippen molar-refractivity contribution in [2.24, 2.45) is 0 Å². The molecule has 5 nitrogen and oxygen atoms in total. The van der Waals surface area contributed by atoms with Crippen LogP contribution in [-0.2, 0) is 19.5 Å². The summed E-state index contributed by atoms with van der Waals surface area (Å²) in [6.07, 6.45) is 2.91. The third-order valence-electron chi connectivity index (χ3n) is 5.40. The van der Waals surface area contributed by atoms with Crippen molar-refractivity contribution in [1.82, 2.24) is 19.8 Å². The van der Waals surface area contributed by atoms with E-state index in [4.69, 9.17) is 4.98 Å². The van der Waals surface area contributed by atoms with Gasteiger partial charge < -0.3 is 9.80 Å². The number of fused-ring (bicyclic) bond motifs is 1. The van der Waals surface area contributed by atoms with Gasteiger partial charge in [-0.1, -0.05) is 19.1 Å². The highest BCUT2D eigenvalue weighted by molar-refractivity contribution is 5.35. The SMILES string of the molecule is CCN1CCN(c2ncc3c(n2)CCN(Cc2cccc(F)c2)C3)CC1. The lowest BCUT2D eigenvalue weighted by Gasteiger charge is -2.35. The van der Waals surface area contributed by atoms with E-state index in [2.05, 4.69) is 26.6 Å². The van der Waals surface area contributed by atoms with Crippen LogP contribution in [0.25, 0.3) is 0 Å². The number of anilines is 1. The Morgan fingerprint density at radius 3 is 2.69 bits per heavy atom. The normalized spacial score (nSPS) is 18.8. The van der Waals surface area contributed by atoms with Crippen LogP contribution < -0.4 is 4.90 Å². The number of hydrogen-bond donors (Lipinski definition) is 0. The first-order valence-electron chi connectivity index (χ1n) is 9.50. The molecule has 0 atom stereocenters. The van der Waals surface area contributed by atoms with Crippen molar-refractivity contribution in [2.45, 2.75) is 26.4 Å². The molecule has 0 bridgehead atoms. The standard InChI is InChI=1S/C20H26FN5/c1-2-24-8-10-26(11-9-24)20-22-13-17-15-25(7-6-19(17)23-20)14-16-4-3-5-18(21)12-16/h3-5,12-13H,2,6-11,14-15H2,1H3. The monoisotopic (exact) mass is 355 g/mol. The van der Waals surface area contributed by atoms with E-state index in [9.17, 15) is 4.39 Å². The number of piperazine rings is 1. The molecule has 2 aromatic rings. The fourth-order valence-electron chi connectivity index (χ4n) is 3.81. The molecule has 138 valence electrons. The van der Waals surface area contributed by atoms with E-state index < -0.39 is 0 Å². The molecular formula is C20H26FN5. The van der Waals surface area contributed by atoms with Gasteiger partial charge in [-0.15, -0.1) is 0 Å². The van der Waals surface area contributed by atoms with Gasteiger partial charge in [0.1, 0.15) is 5.82 Å². The Labute approximate surface area is 154 Å². The number of nitrogens with zero attached hydrogens (tertiary/aromatic N) is 5. The van der Waals surface area contributed by atoms with Crippen molar-refractivity contribution in [3.8, 4) is 0 Å². The second-order valence-corrected chi connectivity index (χ2v) is 7.15. The molecule has 0 unspecified atom stereocenters. The maximum atomic E-state index is 13.4. The molecule has 1 aromatic heterocycles. The maximum absolute atomic E-state index is 13.4. The average Bonchev–Trinajstić information content (AvgIpc) is 2.68. The first kappa shape index (κ1) is 17.4. The maximum Gasteiger partial charge on any atom is 0.225 e. The molecule has 0 aliphatic carbocycles. The Morgan fingerprint density at radius 2 is 1.92 bits per heavy atom. The average molecular weight is 355 g/mol. The van der Waals surface area contributed by atoms with E-state index in [1.807, 2.05) is 12.3 Å². The molecular weight excluding hydrogens is 329 g/mol. The minimum Gasteiger partial charge on any atom is -0.338 e. The molecule has 0 N–H and O–H groups in total. The van der Waals surface area contributed by atoms with Crippen LogP contribution in [0, 0.1) is 5.82 Å². The summed E-state index contributed by atoms with van der Waals surface area (Å²) in [4.78, 5) is 16.6. The quantitative estimate of drug-likeness (QED) is 0.841. The lowest BCUT2D eigenvalue weighted by Crippen LogP contribution is -2.47. The third kappa shape index (κ3) is 3.86. The Morgan fingerprint density at radius 1 is 1.08 bits per heavy atom. The van der Waals surface area contributed by atoms with Gasteiger partial charge in [0, 0.05) is 64.0 Å². The molecule has 1 saturated heterocycles. The van der Waals surface area contributed by atoms with E-state index in [0.29, 0.717) is 0 Å². The second kappa shape index (κ2) is 7.68. The van der Waals surface area contributed by atoms with Crippen LogP contribution in [0.2, 0.25) is 0 Å². The third-order valence-corrected chi connectivity index (χ3v) is 5.40. The number of likely N-dealkylation sites (N-methyl/N-ethyl adjacent to an activating group) is 1. The van der Waals surface area contributed by atoms with E-state index in [1.54, 1.807) is 12.1 Å². The summed E-state index contributed by atoms with van der Waals surface area (Å²) in [5.41, 5.74) is 3.38. The molecule has 0 spiro atoms. The predicted octanol–water partition coefficient (Wildman–Crippen LogP) is 2.32. The summed E-state index contributed by atoms with van der Waals surface area (Å²) in [5, 5.41) is 0. The summed E-state index contributed by atoms with van der Waals surface area (Å²) in [6.45, 7) is 10.0. The Bertz CT molecular complexity index is 758. The van der Waals surface area contributed by atoms with Gasteiger partial charge in [0.2, 0.25) is 5.95 Å². The largest absolute Gasteiger partial charge is 0.338 e. The highest BCUT2D eigenvalue weighted by atomic mass is 19.1. The number of rotatable bonds is 4. The highest BCUT2D eigenvalue weighted by Gasteiger charge is 2.22. The number of benzene rings is 1. The van der Waals surface area contributed by atoms with Gasteiger partial charge in [-0.25, -0.2) is 14.4 Å². The smallest absolute Gasteiger partial charge is 0.225 e. The molecule has 0 amide bonds. The summed E-state index contributed by atoms with van der Waals surface area (Å²) >= 11 is 0. The summed E-state index contributed by atoms with van der Waals surface area (Å²) in [7, 11) is 0. The molecule has 6 heteroatoms. The van der Waals surface area contributed by atoms with Crippen molar-refractivity contribution >= 4 is 5.95 Å². The minimum absolute atomic E-state index is 0.170. The van der Waals surface area contributed by atoms with Crippen molar-refractivity contribution in [2.75, 3.05) is 44.2 Å². The highest BCUT2D eigenvalue weighted by Crippen LogP contribution is 2.21. The van der Waals surface area contributed by atoms with Gasteiger partial charge in [-0.3, -0.25) is 4.90 Å². The van der Waals surface area contributed by atoms with Crippen LogP contribution in [0.3, 0.4) is 0 Å². The van der Waals surface area contributed by atoms with Gasteiger partial charge in [-0.2, -0.15) is 0 Å². The summed E-state index contributed by atoms with van der Waals surface area (Å²) in [5.74, 6) is 0.703. The first-order chi connectivity index (χ1) is 12.7. The molecule has 0 radical (unpaired) electrons. The molecule has 3 heterocycles. The lowest BCUT2D eigenvalue weighted by atomic mass is 10.1. The van der Waals surface area contributed by atoms with Crippen molar-refractivity contribution in [1.29, 1.82) is 0 Å². The van der Waals surface area contributed by atoms with Crippen LogP contribution in [0.1, 0.15) is 23.7 Å². The zero-order valence-corrected chi connectivity index (χ0v) is 15.4. The fraction of sp³-hybridized carbons (Fsp3) is 0.500. The first-order valence-corrected chi connectivity index (χ1v) is 9.50. The summed E-state index contributed by atoms with van der Waals surface area (Å²) in [6, 6.07) is 6.86. The van der Waals surface area contributed by atoms with Gasteiger partial charge in [-0.05, 0) is 24.2 Å². The zero-order chi connectivity index (χ0) is 17.9. The van der Waals surface area contributed by atoms with Crippen LogP contribution in [-0.4, -0.2) is 59.0 Å². The number of hydrogen-bond acceptors (Lipinski definition) is 5. The van der Waals surface area contributed by atoms with Gasteiger partial charge in [0.25, 0.3) is 0 Å². The van der Waals surface area contributed by atoms with Gasteiger partial charge >= 0.3 is 0 Å². The van der Waals surface area contributed by atoms with Gasteiger partial charge in [0.15, 0.2) is 0 Å². The Hall–Kier alpha value is -2.05. The minimum atomic E-state index is -0.170. The predicted molar refractivity (Wildman–Crippen MR) is 101 cm³/mol. The fourth-order valence-corrected chi connectivity index (χ4v) is 3.81. The van der Waals surface area contributed by atoms with Gasteiger partial charge in [0.05, 0.1) is 5.69 Å². The second-order valence-electron chi connectivity index (χ2n) is 7.15. The van der Waals surface area contributed by atoms with E-state index >= 15 is 0 Å². The lowest BCUT2D eigenvalue weighted by molar-refractivity contribution is 0.242. The topological polar surface area (TPSA) is 35.5 Å². The van der Waals surface area contributed by atoms with Crippen molar-refractivity contribution in [3.63, 3.8) is 0 Å². The van der Waals surface area contributed by atoms with E-state index in [1.165, 1.54) is 17.3 Å². The van der Waals surface area contributed by atoms with Crippen molar-refractivity contribution in [3.05, 3.63) is 53.1 Å². The molecule has 26 heavy (non-hydrogen) atoms.